The molecule has 2 aromatic rings. The van der Waals surface area contributed by atoms with Gasteiger partial charge in [-0.05, 0) is 31.5 Å². The molecule has 5 nitrogen and oxygen atoms in total. The van der Waals surface area contributed by atoms with E-state index in [9.17, 15) is 9.90 Å². The fraction of sp³-hybridized carbons (Fsp3) is 0.450. The summed E-state index contributed by atoms with van der Waals surface area (Å²) in [5.41, 5.74) is 3.05. The minimum absolute atomic E-state index is 0.0571. The van der Waals surface area contributed by atoms with Crippen molar-refractivity contribution in [2.75, 3.05) is 26.8 Å². The zero-order valence-corrected chi connectivity index (χ0v) is 14.7. The van der Waals surface area contributed by atoms with Crippen molar-refractivity contribution in [1.29, 1.82) is 0 Å². The number of ether oxygens (including phenoxy) is 1. The number of hydrogen-bond donors (Lipinski definition) is 2. The third-order valence-corrected chi connectivity index (χ3v) is 5.99. The molecule has 25 heavy (non-hydrogen) atoms. The second-order valence-electron chi connectivity index (χ2n) is 7.06. The molecule has 2 bridgehead atoms. The molecule has 5 heteroatoms. The van der Waals surface area contributed by atoms with E-state index in [1.165, 1.54) is 12.7 Å². The smallest absolute Gasteiger partial charge is 0.320 e. The maximum atomic E-state index is 13.0. The van der Waals surface area contributed by atoms with Gasteiger partial charge in [-0.2, -0.15) is 0 Å². The maximum Gasteiger partial charge on any atom is 0.320 e. The molecule has 1 aromatic heterocycles. The zero-order valence-electron chi connectivity index (χ0n) is 14.7. The maximum absolute atomic E-state index is 13.0. The van der Waals surface area contributed by atoms with Crippen molar-refractivity contribution in [1.82, 2.24) is 9.88 Å². The molecule has 5 rings (SSSR count). The van der Waals surface area contributed by atoms with Gasteiger partial charge in [0.25, 0.3) is 0 Å². The summed E-state index contributed by atoms with van der Waals surface area (Å²) < 4.78 is 5.22. The fourth-order valence-corrected chi connectivity index (χ4v) is 4.76. The first-order valence-corrected chi connectivity index (χ1v) is 8.82. The van der Waals surface area contributed by atoms with Crippen LogP contribution in [0.3, 0.4) is 0 Å². The first-order chi connectivity index (χ1) is 12.2. The van der Waals surface area contributed by atoms with Crippen LogP contribution in [0.4, 0.5) is 0 Å². The number of nitrogens with one attached hydrogen (secondary N) is 1. The third-order valence-electron chi connectivity index (χ3n) is 5.99. The molecule has 0 radical (unpaired) electrons. The van der Waals surface area contributed by atoms with Crippen LogP contribution in [0, 0.1) is 5.92 Å². The number of aliphatic hydroxyl groups is 1. The van der Waals surface area contributed by atoms with Crippen LogP contribution in [-0.4, -0.2) is 47.8 Å². The van der Waals surface area contributed by atoms with Gasteiger partial charge >= 0.3 is 5.97 Å². The van der Waals surface area contributed by atoms with E-state index in [1.54, 1.807) is 0 Å². The molecule has 0 saturated carbocycles. The Balaban J connectivity index is 2.06. The summed E-state index contributed by atoms with van der Waals surface area (Å²) in [5, 5.41) is 11.6. The molecule has 0 aliphatic carbocycles. The predicted molar refractivity (Wildman–Crippen MR) is 96.2 cm³/mol. The summed E-state index contributed by atoms with van der Waals surface area (Å²) >= 11 is 0. The quantitative estimate of drug-likeness (QED) is 0.651. The number of H-pyrrole nitrogens is 1. The molecule has 1 aromatic carbocycles. The predicted octanol–water partition coefficient (Wildman–Crippen LogP) is 2.35. The Kier molecular flexibility index (Phi) is 3.93. The number of para-hydroxylation sites is 1. The van der Waals surface area contributed by atoms with Gasteiger partial charge in [0.05, 0.1) is 13.7 Å². The normalized spacial score (nSPS) is 30.1. The number of aromatic nitrogens is 1. The Morgan fingerprint density at radius 2 is 2.24 bits per heavy atom. The van der Waals surface area contributed by atoms with Crippen molar-refractivity contribution in [3.8, 4) is 0 Å². The number of allylic oxidation sites excluding steroid dienone is 1. The van der Waals surface area contributed by atoms with Crippen LogP contribution in [-0.2, 0) is 21.5 Å². The Hall–Kier alpha value is -2.11. The lowest BCUT2D eigenvalue weighted by molar-refractivity contribution is -0.152. The molecular weight excluding hydrogens is 316 g/mol. The average Bonchev–Trinajstić information content (AvgIpc) is 2.99. The van der Waals surface area contributed by atoms with Crippen molar-refractivity contribution in [3.05, 3.63) is 47.2 Å². The number of fused-ring (bicyclic) bond motifs is 3. The Bertz CT molecular complexity index is 854. The van der Waals surface area contributed by atoms with Crippen LogP contribution in [0.25, 0.3) is 10.9 Å². The highest BCUT2D eigenvalue weighted by Gasteiger charge is 2.54. The molecular formula is C20H24N2O3. The van der Waals surface area contributed by atoms with Crippen LogP contribution in [0.15, 0.2) is 35.9 Å². The van der Waals surface area contributed by atoms with E-state index in [0.29, 0.717) is 0 Å². The van der Waals surface area contributed by atoms with Gasteiger partial charge in [-0.25, -0.2) is 0 Å². The Morgan fingerprint density at radius 3 is 2.96 bits per heavy atom. The molecule has 1 unspecified atom stereocenters. The van der Waals surface area contributed by atoms with Crippen LogP contribution >= 0.6 is 0 Å². The SMILES string of the molecule is C/C=C1\CN2CC[C@@H]1[C@](CO)(C(=O)OC)c1[nH]c3ccccc3c1C2. The van der Waals surface area contributed by atoms with Crippen LogP contribution in [0.1, 0.15) is 24.6 Å². The lowest BCUT2D eigenvalue weighted by Crippen LogP contribution is -2.54. The van der Waals surface area contributed by atoms with Gasteiger partial charge in [0, 0.05) is 35.6 Å². The van der Waals surface area contributed by atoms with Crippen LogP contribution in [0.2, 0.25) is 0 Å². The lowest BCUT2D eigenvalue weighted by atomic mass is 9.65. The van der Waals surface area contributed by atoms with E-state index >= 15 is 0 Å². The minimum atomic E-state index is -1.07. The molecule has 3 aliphatic rings. The van der Waals surface area contributed by atoms with E-state index < -0.39 is 5.41 Å². The highest BCUT2D eigenvalue weighted by Crippen LogP contribution is 2.47. The molecule has 4 heterocycles. The van der Waals surface area contributed by atoms with Crippen LogP contribution < -0.4 is 0 Å². The number of carbonyl (C=O) groups is 1. The van der Waals surface area contributed by atoms with Gasteiger partial charge in [-0.3, -0.25) is 9.69 Å². The van der Waals surface area contributed by atoms with E-state index in [-0.39, 0.29) is 18.5 Å². The van der Waals surface area contributed by atoms with E-state index in [4.69, 9.17) is 4.74 Å². The monoisotopic (exact) mass is 340 g/mol. The number of methoxy groups -OCH3 is 1. The molecule has 2 N–H and O–H groups in total. The van der Waals surface area contributed by atoms with Crippen molar-refractivity contribution >= 4 is 16.9 Å². The first-order valence-electron chi connectivity index (χ1n) is 8.82. The van der Waals surface area contributed by atoms with E-state index in [1.807, 2.05) is 25.1 Å². The number of piperidine rings is 1. The average molecular weight is 340 g/mol. The highest BCUT2D eigenvalue weighted by atomic mass is 16.5. The largest absolute Gasteiger partial charge is 0.468 e. The zero-order chi connectivity index (χ0) is 17.6. The van der Waals surface area contributed by atoms with Gasteiger partial charge in [-0.15, -0.1) is 0 Å². The van der Waals surface area contributed by atoms with Gasteiger partial charge in [-0.1, -0.05) is 29.8 Å². The van der Waals surface area contributed by atoms with Crippen molar-refractivity contribution < 1.29 is 14.6 Å². The van der Waals surface area contributed by atoms with Gasteiger partial charge in [0.2, 0.25) is 0 Å². The van der Waals surface area contributed by atoms with Gasteiger partial charge < -0.3 is 14.8 Å². The Morgan fingerprint density at radius 1 is 1.44 bits per heavy atom. The second kappa shape index (κ2) is 6.00. The molecule has 1 fully saturated rings. The molecule has 132 valence electrons. The number of carbonyl (C=O) groups excluding carboxylic acids is 1. The summed E-state index contributed by atoms with van der Waals surface area (Å²) in [4.78, 5) is 18.9. The third kappa shape index (κ3) is 2.19. The summed E-state index contributed by atoms with van der Waals surface area (Å²) in [7, 11) is 1.41. The van der Waals surface area contributed by atoms with Gasteiger partial charge in [0.1, 0.15) is 5.41 Å². The number of aromatic amines is 1. The number of benzene rings is 1. The molecule has 0 amide bonds. The summed E-state index contributed by atoms with van der Waals surface area (Å²) in [6.45, 7) is 4.27. The molecule has 3 atom stereocenters. The highest BCUT2D eigenvalue weighted by molar-refractivity contribution is 5.91. The summed E-state index contributed by atoms with van der Waals surface area (Å²) in [6, 6.07) is 8.10. The second-order valence-corrected chi connectivity index (χ2v) is 7.06. The summed E-state index contributed by atoms with van der Waals surface area (Å²) in [5.74, 6) is -0.416. The minimum Gasteiger partial charge on any atom is -0.468 e. The molecule has 3 aliphatic heterocycles. The standard InChI is InChI=1S/C20H24N2O3/c1-3-13-10-22-9-8-16(13)20(12-23,19(24)25-2)18-15(11-22)14-6-4-5-7-17(14)21-18/h3-7,16,21,23H,8-12H2,1-2H3/b13-3+/t16-,20-/m0/s1. The summed E-state index contributed by atoms with van der Waals surface area (Å²) in [6.07, 6.45) is 2.93. The number of hydrogen-bond acceptors (Lipinski definition) is 4. The Labute approximate surface area is 147 Å². The van der Waals surface area contributed by atoms with Crippen molar-refractivity contribution in [2.24, 2.45) is 5.92 Å². The number of rotatable bonds is 2. The van der Waals surface area contributed by atoms with Crippen molar-refractivity contribution in [2.45, 2.75) is 25.3 Å². The number of nitrogens with zero attached hydrogens (tertiary/aromatic N) is 1. The van der Waals surface area contributed by atoms with Crippen LogP contribution in [0.5, 0.6) is 0 Å². The number of aliphatic hydroxyl groups excluding tert-OH is 1. The van der Waals surface area contributed by atoms with Crippen molar-refractivity contribution in [3.63, 3.8) is 0 Å². The van der Waals surface area contributed by atoms with E-state index in [2.05, 4.69) is 22.0 Å². The topological polar surface area (TPSA) is 65.6 Å². The van der Waals surface area contributed by atoms with E-state index in [0.717, 1.165) is 48.2 Å². The first kappa shape index (κ1) is 16.4. The van der Waals surface area contributed by atoms with Gasteiger partial charge in [0.15, 0.2) is 0 Å². The number of esters is 1. The molecule has 0 spiro atoms. The fourth-order valence-electron chi connectivity index (χ4n) is 4.76. The lowest BCUT2D eigenvalue weighted by Gasteiger charge is -2.46. The molecule has 1 saturated heterocycles.